The van der Waals surface area contributed by atoms with Gasteiger partial charge in [0.05, 0.1) is 0 Å². The van der Waals surface area contributed by atoms with Gasteiger partial charge in [0.15, 0.2) is 6.10 Å². The summed E-state index contributed by atoms with van der Waals surface area (Å²) in [5, 5.41) is 0. The van der Waals surface area contributed by atoms with Crippen molar-refractivity contribution in [3.63, 3.8) is 0 Å². The van der Waals surface area contributed by atoms with Gasteiger partial charge in [0.1, 0.15) is 13.2 Å². The highest BCUT2D eigenvalue weighted by molar-refractivity contribution is 5.71. The van der Waals surface area contributed by atoms with Crippen LogP contribution in [0.2, 0.25) is 0 Å². The lowest BCUT2D eigenvalue weighted by Gasteiger charge is -2.18. The van der Waals surface area contributed by atoms with E-state index in [0.717, 1.165) is 69.6 Å². The summed E-state index contributed by atoms with van der Waals surface area (Å²) in [6.45, 7) is 11.4. The fourth-order valence-electron chi connectivity index (χ4n) is 8.13. The molecule has 0 aliphatic rings. The Bertz CT molecular complexity index is 918. The second-order valence-electron chi connectivity index (χ2n) is 19.2. The van der Waals surface area contributed by atoms with Crippen molar-refractivity contribution >= 4 is 17.9 Å². The molecule has 0 aliphatic heterocycles. The first-order valence-corrected chi connectivity index (χ1v) is 26.8. The zero-order valence-electron chi connectivity index (χ0n) is 41.1. The molecule has 0 heterocycles. The van der Waals surface area contributed by atoms with Crippen LogP contribution in [0, 0.1) is 11.8 Å². The predicted molar refractivity (Wildman–Crippen MR) is 256 cm³/mol. The fourth-order valence-corrected chi connectivity index (χ4v) is 8.13. The van der Waals surface area contributed by atoms with Crippen molar-refractivity contribution in [2.45, 2.75) is 304 Å². The molecule has 6 heteroatoms. The Morgan fingerprint density at radius 3 is 0.950 bits per heavy atom. The van der Waals surface area contributed by atoms with Crippen LogP contribution in [0.1, 0.15) is 298 Å². The molecule has 0 spiro atoms. The quantitative estimate of drug-likeness (QED) is 0.0345. The largest absolute Gasteiger partial charge is 0.462 e. The minimum absolute atomic E-state index is 0.0634. The summed E-state index contributed by atoms with van der Waals surface area (Å²) in [6, 6.07) is 0. The maximum atomic E-state index is 12.8. The molecule has 1 unspecified atom stereocenters. The number of hydrogen-bond acceptors (Lipinski definition) is 6. The van der Waals surface area contributed by atoms with Crippen molar-refractivity contribution in [1.29, 1.82) is 0 Å². The summed E-state index contributed by atoms with van der Waals surface area (Å²) in [5.41, 5.74) is 0. The highest BCUT2D eigenvalue weighted by atomic mass is 16.6. The number of rotatable bonds is 48. The fraction of sp³-hybridized carbons (Fsp3) is 0.944. The molecule has 0 aromatic heterocycles. The van der Waals surface area contributed by atoms with Gasteiger partial charge in [-0.2, -0.15) is 0 Å². The molecule has 356 valence electrons. The van der Waals surface area contributed by atoms with Crippen molar-refractivity contribution in [2.75, 3.05) is 13.2 Å². The smallest absolute Gasteiger partial charge is 0.306 e. The third-order valence-electron chi connectivity index (χ3n) is 12.6. The van der Waals surface area contributed by atoms with Crippen molar-refractivity contribution in [2.24, 2.45) is 11.8 Å². The summed E-state index contributed by atoms with van der Waals surface area (Å²) in [4.78, 5) is 38.0. The maximum absolute atomic E-state index is 12.8. The number of hydrogen-bond donors (Lipinski definition) is 0. The van der Waals surface area contributed by atoms with Crippen LogP contribution < -0.4 is 0 Å². The molecule has 0 N–H and O–H groups in total. The Balaban J connectivity index is 4.28. The van der Waals surface area contributed by atoms with E-state index in [4.69, 9.17) is 14.2 Å². The van der Waals surface area contributed by atoms with Gasteiger partial charge in [-0.15, -0.1) is 0 Å². The van der Waals surface area contributed by atoms with E-state index in [1.54, 1.807) is 0 Å². The van der Waals surface area contributed by atoms with Crippen molar-refractivity contribution in [1.82, 2.24) is 0 Å². The molecule has 0 radical (unpaired) electrons. The van der Waals surface area contributed by atoms with Crippen LogP contribution in [0.15, 0.2) is 0 Å². The van der Waals surface area contributed by atoms with E-state index >= 15 is 0 Å². The molecular weight excluding hydrogens is 745 g/mol. The third kappa shape index (κ3) is 45.9. The molecule has 0 amide bonds. The molecule has 0 aromatic rings. The van der Waals surface area contributed by atoms with Gasteiger partial charge in [0.2, 0.25) is 0 Å². The zero-order valence-corrected chi connectivity index (χ0v) is 41.1. The van der Waals surface area contributed by atoms with E-state index in [-0.39, 0.29) is 31.1 Å². The van der Waals surface area contributed by atoms with Crippen molar-refractivity contribution < 1.29 is 28.6 Å². The Kier molecular flexibility index (Phi) is 45.7. The van der Waals surface area contributed by atoms with E-state index in [2.05, 4.69) is 34.6 Å². The van der Waals surface area contributed by atoms with E-state index in [1.165, 1.54) is 186 Å². The number of ether oxygens (including phenoxy) is 3. The van der Waals surface area contributed by atoms with Crippen LogP contribution in [-0.2, 0) is 28.6 Å². The van der Waals surface area contributed by atoms with E-state index in [9.17, 15) is 14.4 Å². The Labute approximate surface area is 374 Å². The van der Waals surface area contributed by atoms with E-state index in [0.29, 0.717) is 19.3 Å². The molecule has 60 heavy (non-hydrogen) atoms. The summed E-state index contributed by atoms with van der Waals surface area (Å²) in [5.74, 6) is 0.868. The lowest BCUT2D eigenvalue weighted by atomic mass is 9.99. The molecule has 0 rings (SSSR count). The summed E-state index contributed by atoms with van der Waals surface area (Å²) < 4.78 is 16.8. The van der Waals surface area contributed by atoms with Gasteiger partial charge in [-0.1, -0.05) is 259 Å². The van der Waals surface area contributed by atoms with Crippen LogP contribution in [0.4, 0.5) is 0 Å². The van der Waals surface area contributed by atoms with Crippen LogP contribution in [0.25, 0.3) is 0 Å². The minimum atomic E-state index is -0.761. The monoisotopic (exact) mass is 849 g/mol. The van der Waals surface area contributed by atoms with Gasteiger partial charge in [-0.05, 0) is 31.1 Å². The van der Waals surface area contributed by atoms with Gasteiger partial charge in [0.25, 0.3) is 0 Å². The first kappa shape index (κ1) is 58.4. The summed E-state index contributed by atoms with van der Waals surface area (Å²) in [7, 11) is 0. The first-order chi connectivity index (χ1) is 29.3. The second-order valence-corrected chi connectivity index (χ2v) is 19.2. The molecular formula is C54H104O6. The highest BCUT2D eigenvalue weighted by Crippen LogP contribution is 2.18. The average molecular weight is 849 g/mol. The standard InChI is InChI=1S/C54H104O6/c1-6-8-9-10-11-12-17-26-31-36-41-46-54(57)60-51(48-59-53(56)45-40-35-30-25-21-20-23-28-33-38-43-50(5)7-2)47-58-52(55)44-39-34-29-24-19-16-14-13-15-18-22-27-32-37-42-49(3)4/h49-51H,6-48H2,1-5H3/t50?,51-/m1/s1. The van der Waals surface area contributed by atoms with Gasteiger partial charge < -0.3 is 14.2 Å². The molecule has 2 atom stereocenters. The van der Waals surface area contributed by atoms with Crippen LogP contribution in [0.3, 0.4) is 0 Å². The lowest BCUT2D eigenvalue weighted by Crippen LogP contribution is -2.30. The lowest BCUT2D eigenvalue weighted by molar-refractivity contribution is -0.167. The average Bonchev–Trinajstić information content (AvgIpc) is 3.23. The zero-order chi connectivity index (χ0) is 44.0. The van der Waals surface area contributed by atoms with Crippen molar-refractivity contribution in [3.8, 4) is 0 Å². The molecule has 0 bridgehead atoms. The minimum Gasteiger partial charge on any atom is -0.462 e. The molecule has 0 saturated heterocycles. The molecule has 0 fully saturated rings. The Morgan fingerprint density at radius 1 is 0.350 bits per heavy atom. The Hall–Kier alpha value is -1.59. The molecule has 6 nitrogen and oxygen atoms in total. The van der Waals surface area contributed by atoms with Gasteiger partial charge in [-0.3, -0.25) is 14.4 Å². The van der Waals surface area contributed by atoms with Gasteiger partial charge in [-0.25, -0.2) is 0 Å². The van der Waals surface area contributed by atoms with Crippen LogP contribution in [-0.4, -0.2) is 37.2 Å². The topological polar surface area (TPSA) is 78.9 Å². The Morgan fingerprint density at radius 2 is 0.633 bits per heavy atom. The summed E-state index contributed by atoms with van der Waals surface area (Å²) >= 11 is 0. The van der Waals surface area contributed by atoms with Crippen LogP contribution in [0.5, 0.6) is 0 Å². The first-order valence-electron chi connectivity index (χ1n) is 26.8. The summed E-state index contributed by atoms with van der Waals surface area (Å²) in [6.07, 6.45) is 47.9. The van der Waals surface area contributed by atoms with Gasteiger partial charge >= 0.3 is 17.9 Å². The molecule has 0 aliphatic carbocycles. The number of carbonyl (C=O) groups excluding carboxylic acids is 3. The molecule has 0 aromatic carbocycles. The van der Waals surface area contributed by atoms with Crippen LogP contribution >= 0.6 is 0 Å². The maximum Gasteiger partial charge on any atom is 0.306 e. The highest BCUT2D eigenvalue weighted by Gasteiger charge is 2.19. The SMILES string of the molecule is CCCCCCCCCCCCCC(=O)O[C@H](COC(=O)CCCCCCCCCCCCCCCCC(C)C)COC(=O)CCCCCCCCCCCCC(C)CC. The van der Waals surface area contributed by atoms with Crippen molar-refractivity contribution in [3.05, 3.63) is 0 Å². The number of unbranched alkanes of at least 4 members (excludes halogenated alkanes) is 32. The normalized spacial score (nSPS) is 12.5. The van der Waals surface area contributed by atoms with E-state index in [1.807, 2.05) is 0 Å². The van der Waals surface area contributed by atoms with Gasteiger partial charge in [0, 0.05) is 19.3 Å². The predicted octanol–water partition coefficient (Wildman–Crippen LogP) is 17.3. The number of carbonyl (C=O) groups is 3. The second kappa shape index (κ2) is 46.9. The molecule has 0 saturated carbocycles. The van der Waals surface area contributed by atoms with E-state index < -0.39 is 6.10 Å². The third-order valence-corrected chi connectivity index (χ3v) is 12.6. The number of esters is 3.